The summed E-state index contributed by atoms with van der Waals surface area (Å²) in [5.74, 6) is -16.5. The maximum absolute atomic E-state index is 13.1. The third-order valence-electron chi connectivity index (χ3n) is 3.72. The van der Waals surface area contributed by atoms with Crippen LogP contribution in [0.1, 0.15) is 25.7 Å². The van der Waals surface area contributed by atoms with Crippen LogP contribution in [0.2, 0.25) is 0 Å². The molecule has 23 heavy (non-hydrogen) atoms. The number of carbonyl (C=O) groups is 1. The molecule has 0 aromatic rings. The maximum atomic E-state index is 13.1. The molecule has 0 radical (unpaired) electrons. The van der Waals surface area contributed by atoms with Crippen LogP contribution in [0.25, 0.3) is 0 Å². The molecule has 0 bridgehead atoms. The Labute approximate surface area is 126 Å². The Bertz CT molecular complexity index is 422. The Hall–Kier alpha value is -1.10. The third-order valence-corrected chi connectivity index (χ3v) is 3.72. The molecular formula is C12H15F7O4. The lowest BCUT2D eigenvalue weighted by atomic mass is 9.91. The molecule has 11 heteroatoms. The normalized spacial score (nSPS) is 20.4. The van der Waals surface area contributed by atoms with E-state index in [0.29, 0.717) is 0 Å². The van der Waals surface area contributed by atoms with E-state index in [1.807, 2.05) is 0 Å². The van der Waals surface area contributed by atoms with Gasteiger partial charge in [-0.25, -0.2) is 4.79 Å². The Kier molecular flexibility index (Phi) is 5.57. The van der Waals surface area contributed by atoms with Crippen molar-refractivity contribution < 1.29 is 49.7 Å². The number of esters is 1. The van der Waals surface area contributed by atoms with Gasteiger partial charge in [0.2, 0.25) is 0 Å². The highest BCUT2D eigenvalue weighted by atomic mass is 19.4. The monoisotopic (exact) mass is 356 g/mol. The van der Waals surface area contributed by atoms with E-state index in [1.54, 1.807) is 0 Å². The lowest BCUT2D eigenvalue weighted by Crippen LogP contribution is -2.57. The van der Waals surface area contributed by atoms with Crippen LogP contribution in [0.5, 0.6) is 0 Å². The molecule has 1 aliphatic rings. The molecule has 1 saturated carbocycles. The number of alkyl halides is 7. The van der Waals surface area contributed by atoms with E-state index in [1.165, 1.54) is 14.2 Å². The van der Waals surface area contributed by atoms with Gasteiger partial charge >= 0.3 is 24.0 Å². The highest BCUT2D eigenvalue weighted by Gasteiger charge is 2.77. The maximum Gasteiger partial charge on any atom is 0.460 e. The molecule has 136 valence electrons. The van der Waals surface area contributed by atoms with E-state index in [4.69, 9.17) is 9.47 Å². The molecule has 0 aromatic heterocycles. The second-order valence-electron chi connectivity index (χ2n) is 5.07. The summed E-state index contributed by atoms with van der Waals surface area (Å²) in [6.07, 6.45) is -7.78. The first-order valence-electron chi connectivity index (χ1n) is 6.47. The van der Waals surface area contributed by atoms with Crippen molar-refractivity contribution in [2.45, 2.75) is 55.6 Å². The van der Waals surface area contributed by atoms with E-state index in [0.717, 1.165) is 0 Å². The van der Waals surface area contributed by atoms with Crippen molar-refractivity contribution in [1.29, 1.82) is 0 Å². The zero-order valence-electron chi connectivity index (χ0n) is 12.2. The van der Waals surface area contributed by atoms with Crippen molar-refractivity contribution in [3.05, 3.63) is 0 Å². The van der Waals surface area contributed by atoms with Gasteiger partial charge in [-0.1, -0.05) is 0 Å². The van der Waals surface area contributed by atoms with Crippen LogP contribution in [0, 0.1) is 0 Å². The molecular weight excluding hydrogens is 341 g/mol. The van der Waals surface area contributed by atoms with Gasteiger partial charge in [0.15, 0.2) is 5.79 Å². The summed E-state index contributed by atoms with van der Waals surface area (Å²) in [6, 6.07) is 0. The van der Waals surface area contributed by atoms with Crippen LogP contribution < -0.4 is 0 Å². The van der Waals surface area contributed by atoms with Gasteiger partial charge in [0.1, 0.15) is 6.10 Å². The van der Waals surface area contributed by atoms with Gasteiger partial charge < -0.3 is 14.2 Å². The highest BCUT2D eigenvalue weighted by Crippen LogP contribution is 2.47. The molecule has 0 heterocycles. The minimum absolute atomic E-state index is 0.0823. The molecule has 0 unspecified atom stereocenters. The average molecular weight is 356 g/mol. The van der Waals surface area contributed by atoms with Crippen molar-refractivity contribution >= 4 is 5.97 Å². The first-order chi connectivity index (χ1) is 10.3. The fourth-order valence-corrected chi connectivity index (χ4v) is 2.17. The molecule has 0 aromatic carbocycles. The van der Waals surface area contributed by atoms with E-state index in [-0.39, 0.29) is 25.7 Å². The van der Waals surface area contributed by atoms with Gasteiger partial charge in [-0.2, -0.15) is 30.7 Å². The second-order valence-corrected chi connectivity index (χ2v) is 5.07. The first kappa shape index (κ1) is 19.9. The number of methoxy groups -OCH3 is 2. The molecule has 0 N–H and O–H groups in total. The summed E-state index contributed by atoms with van der Waals surface area (Å²) in [7, 11) is 2.65. The van der Waals surface area contributed by atoms with Crippen LogP contribution in [0.3, 0.4) is 0 Å². The Morgan fingerprint density at radius 1 is 0.957 bits per heavy atom. The van der Waals surface area contributed by atoms with Crippen LogP contribution in [0.15, 0.2) is 0 Å². The lowest BCUT2D eigenvalue weighted by Gasteiger charge is -2.37. The number of rotatable bonds is 5. The SMILES string of the molecule is COC1(OC)CCC(OC(=O)C(F)(F)C(F)(F)C(F)(F)F)CC1. The minimum Gasteiger partial charge on any atom is -0.458 e. The number of carbonyl (C=O) groups excluding carboxylic acids is 1. The van der Waals surface area contributed by atoms with Crippen molar-refractivity contribution in [1.82, 2.24) is 0 Å². The number of ether oxygens (including phenoxy) is 3. The molecule has 0 spiro atoms. The Morgan fingerprint density at radius 2 is 1.39 bits per heavy atom. The van der Waals surface area contributed by atoms with Gasteiger partial charge in [-0.3, -0.25) is 0 Å². The standard InChI is InChI=1S/C12H15F7O4/c1-21-9(22-2)5-3-7(4-6-9)23-8(20)10(13,14)11(15,16)12(17,18)19/h7H,3-6H2,1-2H3. The second kappa shape index (κ2) is 6.42. The molecule has 1 rings (SSSR count). The fourth-order valence-electron chi connectivity index (χ4n) is 2.17. The Morgan fingerprint density at radius 3 is 1.74 bits per heavy atom. The molecule has 0 aliphatic heterocycles. The van der Waals surface area contributed by atoms with Crippen LogP contribution in [-0.4, -0.2) is 50.1 Å². The van der Waals surface area contributed by atoms with Gasteiger partial charge in [-0.05, 0) is 12.8 Å². The average Bonchev–Trinajstić information content (AvgIpc) is 2.47. The fraction of sp³-hybridized carbons (Fsp3) is 0.917. The first-order valence-corrected chi connectivity index (χ1v) is 6.47. The van der Waals surface area contributed by atoms with Crippen LogP contribution in [0.4, 0.5) is 30.7 Å². The molecule has 4 nitrogen and oxygen atoms in total. The third kappa shape index (κ3) is 3.70. The largest absolute Gasteiger partial charge is 0.460 e. The van der Waals surface area contributed by atoms with Crippen molar-refractivity contribution in [3.8, 4) is 0 Å². The van der Waals surface area contributed by atoms with Gasteiger partial charge in [-0.15, -0.1) is 0 Å². The number of halogens is 7. The summed E-state index contributed by atoms with van der Waals surface area (Å²) in [4.78, 5) is 11.1. The van der Waals surface area contributed by atoms with Crippen LogP contribution in [-0.2, 0) is 19.0 Å². The summed E-state index contributed by atoms with van der Waals surface area (Å²) < 4.78 is 102. The van der Waals surface area contributed by atoms with Gasteiger partial charge in [0.05, 0.1) is 0 Å². The molecule has 1 fully saturated rings. The predicted octanol–water partition coefficient (Wildman–Crippen LogP) is 3.29. The molecule has 1 aliphatic carbocycles. The zero-order valence-corrected chi connectivity index (χ0v) is 12.2. The predicted molar refractivity (Wildman–Crippen MR) is 61.0 cm³/mol. The van der Waals surface area contributed by atoms with E-state index in [9.17, 15) is 35.5 Å². The molecule has 0 saturated heterocycles. The number of hydrogen-bond donors (Lipinski definition) is 0. The summed E-state index contributed by atoms with van der Waals surface area (Å²) in [5, 5.41) is 0. The lowest BCUT2D eigenvalue weighted by molar-refractivity contribution is -0.349. The van der Waals surface area contributed by atoms with Crippen molar-refractivity contribution in [2.24, 2.45) is 0 Å². The summed E-state index contributed by atoms with van der Waals surface area (Å²) in [6.45, 7) is 0. The van der Waals surface area contributed by atoms with E-state index < -0.39 is 35.9 Å². The zero-order chi connectivity index (χ0) is 18.1. The molecule has 0 amide bonds. The topological polar surface area (TPSA) is 44.8 Å². The van der Waals surface area contributed by atoms with E-state index >= 15 is 0 Å². The Balaban J connectivity index is 2.74. The van der Waals surface area contributed by atoms with Gasteiger partial charge in [0.25, 0.3) is 0 Å². The van der Waals surface area contributed by atoms with Crippen LogP contribution >= 0.6 is 0 Å². The minimum atomic E-state index is -6.58. The smallest absolute Gasteiger partial charge is 0.458 e. The quantitative estimate of drug-likeness (QED) is 0.431. The van der Waals surface area contributed by atoms with E-state index in [2.05, 4.69) is 4.74 Å². The highest BCUT2D eigenvalue weighted by molar-refractivity contribution is 5.79. The number of hydrogen-bond acceptors (Lipinski definition) is 4. The summed E-state index contributed by atoms with van der Waals surface area (Å²) >= 11 is 0. The van der Waals surface area contributed by atoms with Crippen molar-refractivity contribution in [2.75, 3.05) is 14.2 Å². The molecule has 0 atom stereocenters. The van der Waals surface area contributed by atoms with Gasteiger partial charge in [0, 0.05) is 27.1 Å². The summed E-state index contributed by atoms with van der Waals surface area (Å²) in [5.41, 5.74) is 0. The van der Waals surface area contributed by atoms with Crippen molar-refractivity contribution in [3.63, 3.8) is 0 Å².